The molecule has 5 nitrogen and oxygen atoms in total. The van der Waals surface area contributed by atoms with Crippen molar-refractivity contribution in [2.45, 2.75) is 6.92 Å². The Morgan fingerprint density at radius 1 is 0.688 bits per heavy atom. The quantitative estimate of drug-likeness (QED) is 0.191. The third-order valence-electron chi connectivity index (χ3n) is 5.47. The molecule has 1 aromatic heterocycles. The van der Waals surface area contributed by atoms with Crippen molar-refractivity contribution in [3.63, 3.8) is 0 Å². The molecule has 5 rings (SSSR count). The molecule has 0 bridgehead atoms. The van der Waals surface area contributed by atoms with E-state index in [1.54, 1.807) is 0 Å². The Balaban J connectivity index is 1.65. The maximum atomic E-state index is 4.89. The number of hydrogen-bond donors (Lipinski definition) is 0. The molecule has 0 saturated carbocycles. The highest BCUT2D eigenvalue weighted by molar-refractivity contribution is 5.84. The predicted molar refractivity (Wildman–Crippen MR) is 130 cm³/mol. The minimum Gasteiger partial charge on any atom is -0.378 e. The number of hydrogen-bond acceptors (Lipinski definition) is 4. The number of rotatable bonds is 4. The number of para-hydroxylation sites is 1. The molecule has 0 amide bonds. The van der Waals surface area contributed by atoms with Crippen LogP contribution in [-0.2, 0) is 0 Å². The first-order chi connectivity index (χ1) is 15.6. The van der Waals surface area contributed by atoms with Crippen molar-refractivity contribution in [2.24, 2.45) is 10.2 Å². The van der Waals surface area contributed by atoms with Crippen molar-refractivity contribution < 1.29 is 4.57 Å². The Kier molecular flexibility index (Phi) is 5.07. The molecule has 0 unspecified atom stereocenters. The number of fused-ring (bicyclic) bond motifs is 2. The lowest BCUT2D eigenvalue weighted by molar-refractivity contribution is -0.538. The van der Waals surface area contributed by atoms with Gasteiger partial charge in [-0.3, -0.25) is 0 Å². The van der Waals surface area contributed by atoms with E-state index in [0.717, 1.165) is 44.8 Å². The molecule has 156 valence electrons. The molecule has 0 aliphatic heterocycles. The molecule has 0 N–H and O–H groups in total. The molecule has 1 heterocycles. The van der Waals surface area contributed by atoms with E-state index < -0.39 is 0 Å². The Labute approximate surface area is 187 Å². The van der Waals surface area contributed by atoms with Gasteiger partial charge in [0.1, 0.15) is 11.0 Å². The second kappa shape index (κ2) is 8.19. The lowest BCUT2D eigenvalue weighted by atomic mass is 10.1. The van der Waals surface area contributed by atoms with Gasteiger partial charge in [0.05, 0.1) is 11.4 Å². The molecule has 0 atom stereocenters. The van der Waals surface area contributed by atoms with Gasteiger partial charge in [0.15, 0.2) is 0 Å². The van der Waals surface area contributed by atoms with Crippen LogP contribution in [0.4, 0.5) is 17.1 Å². The lowest BCUT2D eigenvalue weighted by Crippen LogP contribution is -2.33. The second-order valence-corrected chi connectivity index (χ2v) is 8.06. The molecule has 4 aromatic carbocycles. The van der Waals surface area contributed by atoms with Crippen molar-refractivity contribution in [3.05, 3.63) is 96.6 Å². The summed E-state index contributed by atoms with van der Waals surface area (Å²) in [4.78, 5) is 6.95. The summed E-state index contributed by atoms with van der Waals surface area (Å²) in [7, 11) is 4.04. The fraction of sp³-hybridized carbons (Fsp3) is 0.111. The fourth-order valence-corrected chi connectivity index (χ4v) is 3.80. The monoisotopic (exact) mass is 418 g/mol. The number of azo groups is 1. The minimum absolute atomic E-state index is 0.785. The van der Waals surface area contributed by atoms with Crippen LogP contribution >= 0.6 is 0 Å². The van der Waals surface area contributed by atoms with Gasteiger partial charge in [-0.25, -0.2) is 4.98 Å². The average molecular weight is 419 g/mol. The molecule has 5 heteroatoms. The zero-order valence-corrected chi connectivity index (χ0v) is 18.4. The highest BCUT2D eigenvalue weighted by Crippen LogP contribution is 2.25. The largest absolute Gasteiger partial charge is 0.378 e. The SMILES string of the molecule is Cc1ccc2nc3ccc(N=Nc4ccc(N(C)C)cc4)cc3[n+](-c3ccccc3)c2c1. The van der Waals surface area contributed by atoms with Crippen molar-refractivity contribution in [1.82, 2.24) is 4.98 Å². The first-order valence-corrected chi connectivity index (χ1v) is 10.6. The third-order valence-corrected chi connectivity index (χ3v) is 5.47. The van der Waals surface area contributed by atoms with E-state index in [-0.39, 0.29) is 0 Å². The molecule has 0 saturated heterocycles. The molecular formula is C27H24N5+. The van der Waals surface area contributed by atoms with Gasteiger partial charge in [-0.05, 0) is 55.0 Å². The van der Waals surface area contributed by atoms with Crippen molar-refractivity contribution in [1.29, 1.82) is 0 Å². The lowest BCUT2D eigenvalue weighted by Gasteiger charge is -2.11. The van der Waals surface area contributed by atoms with Crippen LogP contribution in [0.3, 0.4) is 0 Å². The fourth-order valence-electron chi connectivity index (χ4n) is 3.80. The van der Waals surface area contributed by atoms with E-state index in [0.29, 0.717) is 0 Å². The van der Waals surface area contributed by atoms with Gasteiger partial charge in [0, 0.05) is 44.0 Å². The molecule has 0 aliphatic carbocycles. The molecule has 0 spiro atoms. The Morgan fingerprint density at radius 2 is 1.31 bits per heavy atom. The van der Waals surface area contributed by atoms with Gasteiger partial charge in [-0.1, -0.05) is 24.3 Å². The van der Waals surface area contributed by atoms with Gasteiger partial charge in [-0.2, -0.15) is 10.2 Å². The molecular weight excluding hydrogens is 394 g/mol. The number of anilines is 1. The van der Waals surface area contributed by atoms with Crippen LogP contribution in [0.25, 0.3) is 27.8 Å². The maximum absolute atomic E-state index is 4.89. The number of benzene rings is 4. The zero-order chi connectivity index (χ0) is 22.1. The van der Waals surface area contributed by atoms with Crippen LogP contribution in [-0.4, -0.2) is 19.1 Å². The van der Waals surface area contributed by atoms with Gasteiger partial charge < -0.3 is 4.90 Å². The summed E-state index contributed by atoms with van der Waals surface area (Å²) in [5.74, 6) is 0. The van der Waals surface area contributed by atoms with Crippen LogP contribution in [0.2, 0.25) is 0 Å². The minimum atomic E-state index is 0.785. The van der Waals surface area contributed by atoms with Crippen LogP contribution in [0.15, 0.2) is 101 Å². The van der Waals surface area contributed by atoms with E-state index >= 15 is 0 Å². The summed E-state index contributed by atoms with van der Waals surface area (Å²) in [6, 6.07) is 30.8. The molecule has 32 heavy (non-hydrogen) atoms. The van der Waals surface area contributed by atoms with Crippen molar-refractivity contribution in [2.75, 3.05) is 19.0 Å². The number of nitrogens with zero attached hydrogens (tertiary/aromatic N) is 5. The summed E-state index contributed by atoms with van der Waals surface area (Å²) in [5.41, 5.74) is 8.95. The van der Waals surface area contributed by atoms with Crippen molar-refractivity contribution in [3.8, 4) is 5.69 Å². The Bertz CT molecular complexity index is 1440. The number of aromatic nitrogens is 2. The summed E-state index contributed by atoms with van der Waals surface area (Å²) in [6.07, 6.45) is 0. The summed E-state index contributed by atoms with van der Waals surface area (Å²) < 4.78 is 2.25. The predicted octanol–water partition coefficient (Wildman–Crippen LogP) is 6.45. The first kappa shape index (κ1) is 19.8. The standard InChI is InChI=1S/C27H24N5/c1-19-9-15-24-26(17-19)32(23-7-5-4-6-8-23)27-18-21(12-16-25(27)28-24)30-29-20-10-13-22(14-11-20)31(2)3/h4-18H,1-3H3/q+1. The summed E-state index contributed by atoms with van der Waals surface area (Å²) in [6.45, 7) is 2.10. The first-order valence-electron chi connectivity index (χ1n) is 10.6. The zero-order valence-electron chi connectivity index (χ0n) is 18.4. The van der Waals surface area contributed by atoms with Gasteiger partial charge in [0.25, 0.3) is 0 Å². The highest BCUT2D eigenvalue weighted by Gasteiger charge is 2.19. The van der Waals surface area contributed by atoms with Crippen LogP contribution in [0.1, 0.15) is 5.56 Å². The summed E-state index contributed by atoms with van der Waals surface area (Å²) in [5, 5.41) is 8.94. The van der Waals surface area contributed by atoms with Crippen LogP contribution < -0.4 is 9.47 Å². The van der Waals surface area contributed by atoms with Gasteiger partial charge in [-0.15, -0.1) is 4.57 Å². The second-order valence-electron chi connectivity index (χ2n) is 8.06. The van der Waals surface area contributed by atoms with E-state index in [1.165, 1.54) is 5.56 Å². The van der Waals surface area contributed by atoms with Gasteiger partial charge >= 0.3 is 0 Å². The average Bonchev–Trinajstić information content (AvgIpc) is 2.82. The summed E-state index contributed by atoms with van der Waals surface area (Å²) >= 11 is 0. The van der Waals surface area contributed by atoms with Crippen LogP contribution in [0, 0.1) is 6.92 Å². The van der Waals surface area contributed by atoms with E-state index in [1.807, 2.05) is 56.6 Å². The molecule has 0 radical (unpaired) electrons. The van der Waals surface area contributed by atoms with E-state index in [4.69, 9.17) is 4.98 Å². The smallest absolute Gasteiger partial charge is 0.239 e. The third kappa shape index (κ3) is 3.81. The molecule has 5 aromatic rings. The maximum Gasteiger partial charge on any atom is 0.239 e. The van der Waals surface area contributed by atoms with Gasteiger partial charge in [0.2, 0.25) is 16.7 Å². The Morgan fingerprint density at radius 3 is 2.03 bits per heavy atom. The Hall–Kier alpha value is -4.12. The topological polar surface area (TPSA) is 44.7 Å². The van der Waals surface area contributed by atoms with Crippen LogP contribution in [0.5, 0.6) is 0 Å². The van der Waals surface area contributed by atoms with E-state index in [9.17, 15) is 0 Å². The highest BCUT2D eigenvalue weighted by atomic mass is 15.1. The number of aryl methyl sites for hydroxylation is 1. The molecule has 0 fully saturated rings. The molecule has 0 aliphatic rings. The van der Waals surface area contributed by atoms with E-state index in [2.05, 4.69) is 75.2 Å². The normalized spacial score (nSPS) is 11.5. The van der Waals surface area contributed by atoms with Crippen molar-refractivity contribution >= 4 is 39.1 Å².